The highest BCUT2D eigenvalue weighted by Gasteiger charge is 2.31. The Morgan fingerprint density at radius 2 is 0.875 bits per heavy atom. The maximum Gasteiger partial charge on any atom is 0.344 e. The van der Waals surface area contributed by atoms with E-state index in [0.717, 1.165) is 0 Å². The van der Waals surface area contributed by atoms with E-state index < -0.39 is 22.5 Å². The van der Waals surface area contributed by atoms with E-state index in [2.05, 4.69) is 0 Å². The lowest BCUT2D eigenvalue weighted by molar-refractivity contribution is 0.174. The van der Waals surface area contributed by atoms with Crippen LogP contribution in [0.4, 0.5) is 0 Å². The number of hydrogen-bond acceptors (Lipinski definition) is 15. The van der Waals surface area contributed by atoms with Crippen molar-refractivity contribution in [3.8, 4) is 46.0 Å². The minimum Gasteiger partial charge on any atom is -0.493 e. The molecule has 1 aliphatic heterocycles. The van der Waals surface area contributed by atoms with Gasteiger partial charge in [0.2, 0.25) is 29.8 Å². The molecule has 0 atom stereocenters. The number of hydrogen-bond donors (Lipinski definition) is 0. The highest BCUT2D eigenvalue weighted by Crippen LogP contribution is 2.50. The van der Waals surface area contributed by atoms with Gasteiger partial charge >= 0.3 is 22.5 Å². The van der Waals surface area contributed by atoms with Gasteiger partial charge in [-0.2, -0.15) is 0 Å². The molecule has 9 rings (SSSR count). The van der Waals surface area contributed by atoms with Gasteiger partial charge in [-0.1, -0.05) is 0 Å². The molecule has 0 saturated carbocycles. The molecule has 0 aliphatic carbocycles. The van der Waals surface area contributed by atoms with Crippen LogP contribution in [0.15, 0.2) is 61.1 Å². The van der Waals surface area contributed by atoms with Gasteiger partial charge in [-0.3, -0.25) is 0 Å². The Morgan fingerprint density at radius 1 is 0.479 bits per heavy atom. The molecule has 0 spiro atoms. The molecule has 15 nitrogen and oxygen atoms in total. The summed E-state index contributed by atoms with van der Waals surface area (Å²) in [6.45, 7) is -0.129. The Hall–Kier alpha value is -6.64. The van der Waals surface area contributed by atoms with Gasteiger partial charge in [-0.15, -0.1) is 0 Å². The van der Waals surface area contributed by atoms with Crippen LogP contribution in [0.2, 0.25) is 0 Å². The largest absolute Gasteiger partial charge is 0.493 e. The molecule has 240 valence electrons. The van der Waals surface area contributed by atoms with Gasteiger partial charge in [0, 0.05) is 33.7 Å². The second kappa shape index (κ2) is 9.45. The van der Waals surface area contributed by atoms with Crippen LogP contribution in [0.3, 0.4) is 0 Å². The summed E-state index contributed by atoms with van der Waals surface area (Å²) in [7, 11) is 5.35. The Labute approximate surface area is 263 Å². The Balaban J connectivity index is 1.35. The van der Waals surface area contributed by atoms with E-state index in [9.17, 15) is 19.2 Å². The summed E-state index contributed by atoms with van der Waals surface area (Å²) in [6.07, 6.45) is 0. The van der Waals surface area contributed by atoms with E-state index in [1.807, 2.05) is 0 Å². The van der Waals surface area contributed by atoms with Gasteiger partial charge in [0.05, 0.1) is 50.0 Å². The molecular formula is C33H18O15. The van der Waals surface area contributed by atoms with E-state index in [-0.39, 0.29) is 118 Å². The summed E-state index contributed by atoms with van der Waals surface area (Å²) >= 11 is 0. The molecule has 0 radical (unpaired) electrons. The first-order valence-corrected chi connectivity index (χ1v) is 14.1. The van der Waals surface area contributed by atoms with Crippen LogP contribution < -0.4 is 55.7 Å². The average molecular weight is 654 g/mol. The molecule has 15 heteroatoms. The molecule has 0 bridgehead atoms. The number of fused-ring (bicyclic) bond motifs is 2. The van der Waals surface area contributed by atoms with Crippen LogP contribution in [0.25, 0.3) is 65.4 Å². The van der Waals surface area contributed by atoms with Crippen molar-refractivity contribution in [2.45, 2.75) is 0 Å². The second-order valence-electron chi connectivity index (χ2n) is 10.7. The number of rotatable bonds is 6. The Bertz CT molecular complexity index is 2930. The first-order chi connectivity index (χ1) is 23.3. The van der Waals surface area contributed by atoms with Gasteiger partial charge in [0.1, 0.15) is 0 Å². The molecule has 48 heavy (non-hydrogen) atoms. The van der Waals surface area contributed by atoms with Gasteiger partial charge in [0.25, 0.3) is 0 Å². The van der Waals surface area contributed by atoms with Gasteiger partial charge in [-0.25, -0.2) is 19.2 Å². The molecular weight excluding hydrogens is 636 g/mol. The van der Waals surface area contributed by atoms with E-state index in [4.69, 9.17) is 50.8 Å². The van der Waals surface area contributed by atoms with Gasteiger partial charge < -0.3 is 50.8 Å². The van der Waals surface area contributed by atoms with Crippen LogP contribution in [-0.2, 0) is 0 Å². The third-order valence-electron chi connectivity index (χ3n) is 8.44. The molecule has 0 saturated heterocycles. The fourth-order valence-corrected chi connectivity index (χ4v) is 6.48. The lowest BCUT2D eigenvalue weighted by Crippen LogP contribution is -2.10. The SMILES string of the molecule is COc1cc2c(=O)oc3c(OC)c(Oc4cc5c(=O)oc6c7c(cc8c(=O)oc(c4OC)c5c68)OCO7)cc4c(=O)oc(c1OC)c2c34. The third-order valence-corrected chi connectivity index (χ3v) is 8.44. The normalized spacial score (nSPS) is 12.8. The zero-order valence-corrected chi connectivity index (χ0v) is 25.1. The number of benzene rings is 4. The highest BCUT2D eigenvalue weighted by atomic mass is 16.7. The fourth-order valence-electron chi connectivity index (χ4n) is 6.48. The van der Waals surface area contributed by atoms with Crippen molar-refractivity contribution >= 4 is 65.4 Å². The van der Waals surface area contributed by atoms with Crippen molar-refractivity contribution in [1.29, 1.82) is 0 Å². The van der Waals surface area contributed by atoms with E-state index in [0.29, 0.717) is 0 Å². The standard InChI is InChI=1S/C33H18O15/c1-38-14-5-10-18-19-12(32(36)45-26(18)22(14)39-2)7-16(23(40-3)27(19)46-30(10)34)44-17-8-13-20-21-11(31(35)47-28(20)24(17)41-4)6-15-25(43-9-42-15)29(21)48-33(13)37/h5-8H,9H2,1-4H3. The van der Waals surface area contributed by atoms with Crippen molar-refractivity contribution in [2.75, 3.05) is 35.2 Å². The summed E-state index contributed by atoms with van der Waals surface area (Å²) in [5.41, 5.74) is -3.48. The number of ether oxygens (including phenoxy) is 7. The lowest BCUT2D eigenvalue weighted by Gasteiger charge is -2.18. The highest BCUT2D eigenvalue weighted by molar-refractivity contribution is 6.23. The van der Waals surface area contributed by atoms with Crippen molar-refractivity contribution in [3.63, 3.8) is 0 Å². The minimum atomic E-state index is -0.824. The summed E-state index contributed by atoms with van der Waals surface area (Å²) < 4.78 is 62.0. The topological polar surface area (TPSA) is 185 Å². The van der Waals surface area contributed by atoms with Crippen LogP contribution in [0.1, 0.15) is 0 Å². The van der Waals surface area contributed by atoms with E-state index in [1.165, 1.54) is 52.7 Å². The molecule has 8 aromatic rings. The maximum atomic E-state index is 13.5. The van der Waals surface area contributed by atoms with Crippen molar-refractivity contribution in [1.82, 2.24) is 0 Å². The van der Waals surface area contributed by atoms with Crippen molar-refractivity contribution in [2.24, 2.45) is 0 Å². The zero-order chi connectivity index (χ0) is 33.2. The monoisotopic (exact) mass is 654 g/mol. The zero-order valence-electron chi connectivity index (χ0n) is 25.1. The molecule has 0 fully saturated rings. The summed E-state index contributed by atoms with van der Waals surface area (Å²) in [4.78, 5) is 53.5. The lowest BCUT2D eigenvalue weighted by atomic mass is 10.0. The van der Waals surface area contributed by atoms with Crippen LogP contribution in [0, 0.1) is 0 Å². The Kier molecular flexibility index (Phi) is 5.44. The van der Waals surface area contributed by atoms with Crippen molar-refractivity contribution in [3.05, 3.63) is 65.9 Å². The molecule has 4 aromatic heterocycles. The summed E-state index contributed by atoms with van der Waals surface area (Å²) in [6, 6.07) is 5.52. The molecule has 1 aliphatic rings. The molecule has 0 amide bonds. The van der Waals surface area contributed by atoms with Crippen LogP contribution >= 0.6 is 0 Å². The average Bonchev–Trinajstić information content (AvgIpc) is 3.56. The van der Waals surface area contributed by atoms with Gasteiger partial charge in [0.15, 0.2) is 45.3 Å². The first kappa shape index (κ1) is 27.7. The van der Waals surface area contributed by atoms with Crippen LogP contribution in [0.5, 0.6) is 46.0 Å². The molecule has 4 aromatic carbocycles. The van der Waals surface area contributed by atoms with Crippen LogP contribution in [-0.4, -0.2) is 35.2 Å². The molecule has 5 heterocycles. The minimum absolute atomic E-state index is 0.0100. The third kappa shape index (κ3) is 3.36. The summed E-state index contributed by atoms with van der Waals surface area (Å²) in [5, 5.41) is 1.02. The molecule has 0 unspecified atom stereocenters. The first-order valence-electron chi connectivity index (χ1n) is 14.1. The predicted molar refractivity (Wildman–Crippen MR) is 167 cm³/mol. The van der Waals surface area contributed by atoms with E-state index >= 15 is 0 Å². The summed E-state index contributed by atoms with van der Waals surface area (Å²) in [5.74, 6) is 0.207. The quantitative estimate of drug-likeness (QED) is 0.175. The Morgan fingerprint density at radius 3 is 1.33 bits per heavy atom. The fraction of sp³-hybridized carbons (Fsp3) is 0.152. The predicted octanol–water partition coefficient (Wildman–Crippen LogP) is 4.85. The van der Waals surface area contributed by atoms with Crippen molar-refractivity contribution < 1.29 is 50.8 Å². The second-order valence-corrected chi connectivity index (χ2v) is 10.7. The maximum absolute atomic E-state index is 13.5. The molecule has 0 N–H and O–H groups in total. The van der Waals surface area contributed by atoms with E-state index in [1.54, 1.807) is 0 Å². The van der Waals surface area contributed by atoms with Gasteiger partial charge in [-0.05, 0) is 12.1 Å². The number of methoxy groups -OCH3 is 4. The smallest absolute Gasteiger partial charge is 0.344 e.